The van der Waals surface area contributed by atoms with Crippen molar-refractivity contribution >= 4 is 0 Å². The molecule has 0 aliphatic carbocycles. The summed E-state index contributed by atoms with van der Waals surface area (Å²) >= 11 is 0. The van der Waals surface area contributed by atoms with Gasteiger partial charge in [0.25, 0.3) is 0 Å². The third-order valence-electron chi connectivity index (χ3n) is 3.40. The Balaban J connectivity index is 1.79. The summed E-state index contributed by atoms with van der Waals surface area (Å²) in [6.45, 7) is 2.60. The van der Waals surface area contributed by atoms with Gasteiger partial charge in [0.2, 0.25) is 0 Å². The third kappa shape index (κ3) is 3.29. The van der Waals surface area contributed by atoms with Crippen molar-refractivity contribution in [3.8, 4) is 16.9 Å². The Morgan fingerprint density at radius 2 is 1.76 bits per heavy atom. The maximum absolute atomic E-state index is 5.87. The molecule has 0 bridgehead atoms. The summed E-state index contributed by atoms with van der Waals surface area (Å²) in [4.78, 5) is 4.34. The summed E-state index contributed by atoms with van der Waals surface area (Å²) in [7, 11) is 0. The first-order chi connectivity index (χ1) is 10.3. The first kappa shape index (κ1) is 13.4. The Kier molecular flexibility index (Phi) is 3.97. The predicted molar refractivity (Wildman–Crippen MR) is 85.2 cm³/mol. The summed E-state index contributed by atoms with van der Waals surface area (Å²) < 4.78 is 5.87. The molecule has 0 atom stereocenters. The van der Waals surface area contributed by atoms with Gasteiger partial charge in [-0.2, -0.15) is 0 Å². The number of aromatic nitrogens is 1. The number of pyridine rings is 1. The number of benzene rings is 2. The Morgan fingerprint density at radius 3 is 2.57 bits per heavy atom. The van der Waals surface area contributed by atoms with E-state index in [9.17, 15) is 0 Å². The fourth-order valence-corrected chi connectivity index (χ4v) is 2.28. The van der Waals surface area contributed by atoms with Gasteiger partial charge in [-0.25, -0.2) is 0 Å². The molecular formula is C19H17NO. The maximum atomic E-state index is 5.87. The van der Waals surface area contributed by atoms with E-state index >= 15 is 0 Å². The van der Waals surface area contributed by atoms with E-state index in [1.807, 2.05) is 49.5 Å². The summed E-state index contributed by atoms with van der Waals surface area (Å²) in [5.41, 5.74) is 4.46. The minimum Gasteiger partial charge on any atom is -0.489 e. The minimum absolute atomic E-state index is 0.580. The zero-order valence-electron chi connectivity index (χ0n) is 12.0. The number of nitrogens with zero attached hydrogens (tertiary/aromatic N) is 1. The molecule has 3 rings (SSSR count). The van der Waals surface area contributed by atoms with Gasteiger partial charge < -0.3 is 4.74 Å². The second kappa shape index (κ2) is 6.23. The highest BCUT2D eigenvalue weighted by Crippen LogP contribution is 2.25. The Bertz CT molecular complexity index is 722. The van der Waals surface area contributed by atoms with Crippen LogP contribution >= 0.6 is 0 Å². The fraction of sp³-hybridized carbons (Fsp3) is 0.105. The molecule has 2 aromatic carbocycles. The Hall–Kier alpha value is -2.61. The lowest BCUT2D eigenvalue weighted by Gasteiger charge is -2.09. The van der Waals surface area contributed by atoms with Gasteiger partial charge in [0, 0.05) is 17.5 Å². The van der Waals surface area contributed by atoms with Crippen LogP contribution in [0.15, 0.2) is 72.9 Å². The molecule has 0 radical (unpaired) electrons. The van der Waals surface area contributed by atoms with Crippen molar-refractivity contribution in [3.05, 3.63) is 84.2 Å². The number of aryl methyl sites for hydroxylation is 1. The molecule has 2 nitrogen and oxygen atoms in total. The number of ether oxygens (including phenoxy) is 1. The van der Waals surface area contributed by atoms with Crippen molar-refractivity contribution in [3.63, 3.8) is 0 Å². The van der Waals surface area contributed by atoms with Crippen LogP contribution in [0.3, 0.4) is 0 Å². The summed E-state index contributed by atoms with van der Waals surface area (Å²) in [6.07, 6.45) is 1.81. The van der Waals surface area contributed by atoms with E-state index in [0.717, 1.165) is 22.6 Å². The highest BCUT2D eigenvalue weighted by Gasteiger charge is 2.03. The van der Waals surface area contributed by atoms with E-state index in [2.05, 4.69) is 35.3 Å². The number of hydrogen-bond acceptors (Lipinski definition) is 2. The zero-order chi connectivity index (χ0) is 14.5. The standard InChI is InChI=1S/C19H17NO/c1-15-19(11-6-12-20-15)17-9-5-10-18(13-17)21-14-16-7-3-2-4-8-16/h2-13H,14H2,1H3. The lowest BCUT2D eigenvalue weighted by Crippen LogP contribution is -1.95. The normalized spacial score (nSPS) is 10.3. The molecule has 1 heterocycles. The monoisotopic (exact) mass is 275 g/mol. The molecule has 104 valence electrons. The van der Waals surface area contributed by atoms with Gasteiger partial charge in [-0.05, 0) is 36.2 Å². The molecule has 0 unspecified atom stereocenters. The molecule has 0 N–H and O–H groups in total. The van der Waals surface area contributed by atoms with Crippen molar-refractivity contribution in [1.82, 2.24) is 4.98 Å². The van der Waals surface area contributed by atoms with E-state index in [1.54, 1.807) is 0 Å². The Labute approximate surface area is 125 Å². The van der Waals surface area contributed by atoms with E-state index in [4.69, 9.17) is 4.74 Å². The highest BCUT2D eigenvalue weighted by atomic mass is 16.5. The molecule has 0 saturated heterocycles. The van der Waals surface area contributed by atoms with Crippen molar-refractivity contribution in [1.29, 1.82) is 0 Å². The molecule has 0 saturated carbocycles. The van der Waals surface area contributed by atoms with Crippen LogP contribution in [0, 0.1) is 6.92 Å². The molecule has 2 heteroatoms. The van der Waals surface area contributed by atoms with Gasteiger partial charge in [0.15, 0.2) is 0 Å². The minimum atomic E-state index is 0.580. The molecule has 0 fully saturated rings. The smallest absolute Gasteiger partial charge is 0.120 e. The quantitative estimate of drug-likeness (QED) is 0.692. The average molecular weight is 275 g/mol. The summed E-state index contributed by atoms with van der Waals surface area (Å²) in [5.74, 6) is 0.875. The van der Waals surface area contributed by atoms with Crippen LogP contribution in [0.4, 0.5) is 0 Å². The fourth-order valence-electron chi connectivity index (χ4n) is 2.28. The second-order valence-corrected chi connectivity index (χ2v) is 4.94. The summed E-state index contributed by atoms with van der Waals surface area (Å²) in [6, 6.07) is 22.4. The van der Waals surface area contributed by atoms with Crippen molar-refractivity contribution < 1.29 is 4.74 Å². The average Bonchev–Trinajstić information content (AvgIpc) is 2.55. The number of hydrogen-bond donors (Lipinski definition) is 0. The predicted octanol–water partition coefficient (Wildman–Crippen LogP) is 4.64. The molecule has 0 aliphatic heterocycles. The molecule has 21 heavy (non-hydrogen) atoms. The van der Waals surface area contributed by atoms with Crippen molar-refractivity contribution in [2.45, 2.75) is 13.5 Å². The molecule has 0 amide bonds. The van der Waals surface area contributed by atoms with Gasteiger partial charge >= 0.3 is 0 Å². The van der Waals surface area contributed by atoms with E-state index < -0.39 is 0 Å². The topological polar surface area (TPSA) is 22.1 Å². The van der Waals surface area contributed by atoms with Gasteiger partial charge in [0.05, 0.1) is 0 Å². The van der Waals surface area contributed by atoms with E-state index in [0.29, 0.717) is 6.61 Å². The molecule has 3 aromatic rings. The summed E-state index contributed by atoms with van der Waals surface area (Å²) in [5, 5.41) is 0. The van der Waals surface area contributed by atoms with Crippen LogP contribution in [0.25, 0.3) is 11.1 Å². The van der Waals surface area contributed by atoms with Crippen LogP contribution in [0.5, 0.6) is 5.75 Å². The lowest BCUT2D eigenvalue weighted by atomic mass is 10.0. The van der Waals surface area contributed by atoms with Gasteiger partial charge in [-0.15, -0.1) is 0 Å². The second-order valence-electron chi connectivity index (χ2n) is 4.94. The third-order valence-corrected chi connectivity index (χ3v) is 3.40. The number of rotatable bonds is 4. The van der Waals surface area contributed by atoms with Crippen LogP contribution in [-0.2, 0) is 6.61 Å². The zero-order valence-corrected chi connectivity index (χ0v) is 12.0. The van der Waals surface area contributed by atoms with Crippen molar-refractivity contribution in [2.24, 2.45) is 0 Å². The van der Waals surface area contributed by atoms with E-state index in [1.165, 1.54) is 5.56 Å². The van der Waals surface area contributed by atoms with Crippen molar-refractivity contribution in [2.75, 3.05) is 0 Å². The van der Waals surface area contributed by atoms with E-state index in [-0.39, 0.29) is 0 Å². The molecule has 0 aliphatic rings. The van der Waals surface area contributed by atoms with Gasteiger partial charge in [0.1, 0.15) is 12.4 Å². The van der Waals surface area contributed by atoms with Gasteiger partial charge in [-0.1, -0.05) is 48.5 Å². The van der Waals surface area contributed by atoms with Gasteiger partial charge in [-0.3, -0.25) is 4.98 Å². The molecule has 1 aromatic heterocycles. The first-order valence-electron chi connectivity index (χ1n) is 7.02. The maximum Gasteiger partial charge on any atom is 0.120 e. The van der Waals surface area contributed by atoms with Crippen LogP contribution in [0.2, 0.25) is 0 Å². The largest absolute Gasteiger partial charge is 0.489 e. The SMILES string of the molecule is Cc1ncccc1-c1cccc(OCc2ccccc2)c1. The molecular weight excluding hydrogens is 258 g/mol. The highest BCUT2D eigenvalue weighted by molar-refractivity contribution is 5.66. The van der Waals surface area contributed by atoms with Crippen LogP contribution in [-0.4, -0.2) is 4.98 Å². The molecule has 0 spiro atoms. The van der Waals surface area contributed by atoms with Crippen LogP contribution in [0.1, 0.15) is 11.3 Å². The Morgan fingerprint density at radius 1 is 0.905 bits per heavy atom. The van der Waals surface area contributed by atoms with Crippen LogP contribution < -0.4 is 4.74 Å². The lowest BCUT2D eigenvalue weighted by molar-refractivity contribution is 0.306. The first-order valence-corrected chi connectivity index (χ1v) is 7.02.